The summed E-state index contributed by atoms with van der Waals surface area (Å²) >= 11 is 0. The normalized spacial score (nSPS) is 24.4. The van der Waals surface area contributed by atoms with E-state index < -0.39 is 0 Å². The smallest absolute Gasteiger partial charge is 0.105 e. The Morgan fingerprint density at radius 1 is 1.32 bits per heavy atom. The molecule has 1 saturated heterocycles. The molecule has 3 nitrogen and oxygen atoms in total. The summed E-state index contributed by atoms with van der Waals surface area (Å²) in [5.74, 6) is 0. The van der Waals surface area contributed by atoms with Gasteiger partial charge in [0.05, 0.1) is 6.07 Å². The molecule has 0 aromatic rings. The number of hydrogen-bond acceptors (Lipinski definition) is 3. The van der Waals surface area contributed by atoms with Gasteiger partial charge in [-0.05, 0) is 52.1 Å². The Balaban J connectivity index is 2.49. The molecular formula is C16H31N3. The molecule has 0 aliphatic carbocycles. The third kappa shape index (κ3) is 5.50. The summed E-state index contributed by atoms with van der Waals surface area (Å²) in [6, 6.07) is 3.20. The highest BCUT2D eigenvalue weighted by molar-refractivity contribution is 5.04. The minimum Gasteiger partial charge on any atom is -0.300 e. The standard InChI is InChI=1S/C16H31N3/c1-4-11-18-16(3,14-17)10-13-19-12-8-6-7-9-15(19)5-2/h15,18H,4-13H2,1-3H3. The Bertz CT molecular complexity index is 284. The quantitative estimate of drug-likeness (QED) is 0.767. The summed E-state index contributed by atoms with van der Waals surface area (Å²) in [5, 5.41) is 12.8. The van der Waals surface area contributed by atoms with Crippen LogP contribution in [0.15, 0.2) is 0 Å². The number of likely N-dealkylation sites (tertiary alicyclic amines) is 1. The zero-order chi connectivity index (χ0) is 14.1. The van der Waals surface area contributed by atoms with Crippen LogP contribution in [-0.4, -0.2) is 36.1 Å². The van der Waals surface area contributed by atoms with Crippen LogP contribution in [0.2, 0.25) is 0 Å². The Kier molecular flexibility index (Phi) is 7.41. The molecule has 1 N–H and O–H groups in total. The molecule has 0 aromatic carbocycles. The third-order valence-electron chi connectivity index (χ3n) is 4.38. The van der Waals surface area contributed by atoms with Crippen molar-refractivity contribution >= 4 is 0 Å². The second-order valence-corrected chi connectivity index (χ2v) is 6.07. The summed E-state index contributed by atoms with van der Waals surface area (Å²) in [4.78, 5) is 2.62. The first-order chi connectivity index (χ1) is 9.15. The van der Waals surface area contributed by atoms with Gasteiger partial charge < -0.3 is 4.90 Å². The van der Waals surface area contributed by atoms with E-state index in [2.05, 4.69) is 30.1 Å². The van der Waals surface area contributed by atoms with E-state index in [0.717, 1.165) is 32.0 Å². The van der Waals surface area contributed by atoms with Crippen LogP contribution in [0, 0.1) is 11.3 Å². The van der Waals surface area contributed by atoms with Gasteiger partial charge in [-0.25, -0.2) is 0 Å². The molecule has 19 heavy (non-hydrogen) atoms. The predicted molar refractivity (Wildman–Crippen MR) is 81.0 cm³/mol. The van der Waals surface area contributed by atoms with Crippen molar-refractivity contribution in [2.75, 3.05) is 19.6 Å². The van der Waals surface area contributed by atoms with E-state index >= 15 is 0 Å². The lowest BCUT2D eigenvalue weighted by atomic mass is 9.98. The lowest BCUT2D eigenvalue weighted by Crippen LogP contribution is -2.45. The first-order valence-corrected chi connectivity index (χ1v) is 8.05. The summed E-state index contributed by atoms with van der Waals surface area (Å²) in [7, 11) is 0. The first-order valence-electron chi connectivity index (χ1n) is 8.05. The van der Waals surface area contributed by atoms with Gasteiger partial charge in [0.15, 0.2) is 0 Å². The van der Waals surface area contributed by atoms with E-state index in [1.807, 2.05) is 6.92 Å². The maximum Gasteiger partial charge on any atom is 0.105 e. The van der Waals surface area contributed by atoms with Crippen molar-refractivity contribution in [3.63, 3.8) is 0 Å². The molecule has 2 atom stereocenters. The number of nitrogens with one attached hydrogen (secondary N) is 1. The Morgan fingerprint density at radius 2 is 2.11 bits per heavy atom. The first kappa shape index (κ1) is 16.5. The topological polar surface area (TPSA) is 39.1 Å². The molecule has 0 amide bonds. The SMILES string of the molecule is CCCNC(C)(C#N)CCN1CCCCCC1CC. The van der Waals surface area contributed by atoms with Crippen LogP contribution in [0.4, 0.5) is 0 Å². The van der Waals surface area contributed by atoms with Crippen LogP contribution in [0.3, 0.4) is 0 Å². The molecule has 1 aliphatic rings. The molecule has 0 bridgehead atoms. The largest absolute Gasteiger partial charge is 0.300 e. The molecule has 1 fully saturated rings. The molecule has 0 saturated carbocycles. The fourth-order valence-electron chi connectivity index (χ4n) is 2.95. The molecule has 0 radical (unpaired) electrons. The molecule has 0 spiro atoms. The third-order valence-corrected chi connectivity index (χ3v) is 4.38. The van der Waals surface area contributed by atoms with E-state index in [1.165, 1.54) is 38.6 Å². The molecule has 1 aliphatic heterocycles. The van der Waals surface area contributed by atoms with Gasteiger partial charge in [-0.3, -0.25) is 5.32 Å². The van der Waals surface area contributed by atoms with Crippen molar-refractivity contribution in [2.45, 2.75) is 77.3 Å². The van der Waals surface area contributed by atoms with Gasteiger partial charge in [0.1, 0.15) is 5.54 Å². The van der Waals surface area contributed by atoms with Crippen LogP contribution in [-0.2, 0) is 0 Å². The lowest BCUT2D eigenvalue weighted by Gasteiger charge is -2.32. The monoisotopic (exact) mass is 265 g/mol. The van der Waals surface area contributed by atoms with Gasteiger partial charge >= 0.3 is 0 Å². The second-order valence-electron chi connectivity index (χ2n) is 6.07. The van der Waals surface area contributed by atoms with E-state index in [-0.39, 0.29) is 5.54 Å². The van der Waals surface area contributed by atoms with E-state index in [9.17, 15) is 5.26 Å². The molecule has 1 heterocycles. The molecule has 0 aromatic heterocycles. The lowest BCUT2D eigenvalue weighted by molar-refractivity contribution is 0.178. The van der Waals surface area contributed by atoms with Gasteiger partial charge in [0, 0.05) is 12.6 Å². The zero-order valence-corrected chi connectivity index (χ0v) is 13.0. The van der Waals surface area contributed by atoms with Crippen molar-refractivity contribution in [2.24, 2.45) is 0 Å². The summed E-state index contributed by atoms with van der Waals surface area (Å²) < 4.78 is 0. The summed E-state index contributed by atoms with van der Waals surface area (Å²) in [6.45, 7) is 9.68. The molecule has 110 valence electrons. The highest BCUT2D eigenvalue weighted by atomic mass is 15.2. The number of nitriles is 1. The number of hydrogen-bond donors (Lipinski definition) is 1. The number of nitrogens with zero attached hydrogens (tertiary/aromatic N) is 2. The van der Waals surface area contributed by atoms with E-state index in [1.54, 1.807) is 0 Å². The van der Waals surface area contributed by atoms with Crippen molar-refractivity contribution in [3.8, 4) is 6.07 Å². The highest BCUT2D eigenvalue weighted by Gasteiger charge is 2.26. The van der Waals surface area contributed by atoms with Gasteiger partial charge in [0.25, 0.3) is 0 Å². The Hall–Kier alpha value is -0.590. The zero-order valence-electron chi connectivity index (χ0n) is 13.0. The average Bonchev–Trinajstić information content (AvgIpc) is 2.67. The van der Waals surface area contributed by atoms with Crippen molar-refractivity contribution < 1.29 is 0 Å². The summed E-state index contributed by atoms with van der Waals surface area (Å²) in [5.41, 5.74) is -0.361. The van der Waals surface area contributed by atoms with Crippen LogP contribution in [0.25, 0.3) is 0 Å². The van der Waals surface area contributed by atoms with Crippen LogP contribution >= 0.6 is 0 Å². The maximum atomic E-state index is 9.39. The molecule has 2 unspecified atom stereocenters. The van der Waals surface area contributed by atoms with Crippen LogP contribution in [0.1, 0.15) is 65.7 Å². The van der Waals surface area contributed by atoms with Crippen molar-refractivity contribution in [3.05, 3.63) is 0 Å². The predicted octanol–water partition coefficient (Wildman–Crippen LogP) is 3.31. The van der Waals surface area contributed by atoms with Crippen molar-refractivity contribution in [1.29, 1.82) is 5.26 Å². The van der Waals surface area contributed by atoms with E-state index in [0.29, 0.717) is 0 Å². The Labute approximate surface area is 119 Å². The number of rotatable bonds is 7. The fourth-order valence-corrected chi connectivity index (χ4v) is 2.95. The van der Waals surface area contributed by atoms with Gasteiger partial charge in [-0.1, -0.05) is 26.7 Å². The Morgan fingerprint density at radius 3 is 2.74 bits per heavy atom. The average molecular weight is 265 g/mol. The molecule has 3 heteroatoms. The molecule has 1 rings (SSSR count). The summed E-state index contributed by atoms with van der Waals surface area (Å²) in [6.07, 6.45) is 8.66. The highest BCUT2D eigenvalue weighted by Crippen LogP contribution is 2.21. The van der Waals surface area contributed by atoms with E-state index in [4.69, 9.17) is 0 Å². The van der Waals surface area contributed by atoms with Gasteiger partial charge in [-0.15, -0.1) is 0 Å². The molecular weight excluding hydrogens is 234 g/mol. The second kappa shape index (κ2) is 8.55. The van der Waals surface area contributed by atoms with Crippen molar-refractivity contribution in [1.82, 2.24) is 10.2 Å². The van der Waals surface area contributed by atoms with Crippen LogP contribution in [0.5, 0.6) is 0 Å². The van der Waals surface area contributed by atoms with Crippen LogP contribution < -0.4 is 5.32 Å². The fraction of sp³-hybridized carbons (Fsp3) is 0.938. The minimum atomic E-state index is -0.361. The minimum absolute atomic E-state index is 0.361. The maximum absolute atomic E-state index is 9.39. The van der Waals surface area contributed by atoms with Gasteiger partial charge in [-0.2, -0.15) is 5.26 Å². The van der Waals surface area contributed by atoms with Gasteiger partial charge in [0.2, 0.25) is 0 Å².